The Morgan fingerprint density at radius 1 is 1.38 bits per heavy atom. The number of nitrogens with zero attached hydrogens (tertiary/aromatic N) is 3. The van der Waals surface area contributed by atoms with Crippen molar-refractivity contribution in [3.8, 4) is 0 Å². The zero-order chi connectivity index (χ0) is 16.9. The summed E-state index contributed by atoms with van der Waals surface area (Å²) >= 11 is 0. The molecule has 1 saturated carbocycles. The van der Waals surface area contributed by atoms with Crippen molar-refractivity contribution in [3.05, 3.63) is 54.1 Å². The van der Waals surface area contributed by atoms with Crippen LogP contribution in [0.5, 0.6) is 0 Å². The second-order valence-electron chi connectivity index (χ2n) is 6.85. The van der Waals surface area contributed by atoms with Crippen molar-refractivity contribution in [2.24, 2.45) is 11.7 Å². The summed E-state index contributed by atoms with van der Waals surface area (Å²) in [5.74, 6) is 0.677. The second kappa shape index (κ2) is 7.62. The van der Waals surface area contributed by atoms with Gasteiger partial charge in [0.1, 0.15) is 0 Å². The van der Waals surface area contributed by atoms with Crippen LogP contribution in [-0.4, -0.2) is 40.0 Å². The summed E-state index contributed by atoms with van der Waals surface area (Å²) in [5.41, 5.74) is 8.20. The van der Waals surface area contributed by atoms with E-state index in [2.05, 4.69) is 17.1 Å². The van der Waals surface area contributed by atoms with Crippen LogP contribution < -0.4 is 5.73 Å². The van der Waals surface area contributed by atoms with Crippen LogP contribution in [0, 0.1) is 5.92 Å². The molecule has 1 amide bonds. The van der Waals surface area contributed by atoms with Crippen molar-refractivity contribution in [2.45, 2.75) is 38.3 Å². The minimum absolute atomic E-state index is 0.0134. The number of carbonyl (C=O) groups is 1. The zero-order valence-electron chi connectivity index (χ0n) is 14.3. The SMILES string of the molecule is CN(CC1CCC1)C(=O)[C@@H](N)Cc1cn(Cc2ccccc2)cn1. The Bertz CT molecular complexity index is 663. The maximum atomic E-state index is 12.4. The number of imidazole rings is 1. The fraction of sp³-hybridized carbons (Fsp3) is 0.474. The molecular formula is C19H26N4O. The molecule has 1 aliphatic carbocycles. The normalized spacial score (nSPS) is 15.8. The minimum Gasteiger partial charge on any atom is -0.344 e. The lowest BCUT2D eigenvalue weighted by Crippen LogP contribution is -2.45. The number of amides is 1. The largest absolute Gasteiger partial charge is 0.344 e. The van der Waals surface area contributed by atoms with Crippen molar-refractivity contribution in [3.63, 3.8) is 0 Å². The molecule has 128 valence electrons. The van der Waals surface area contributed by atoms with E-state index >= 15 is 0 Å². The smallest absolute Gasteiger partial charge is 0.239 e. The van der Waals surface area contributed by atoms with Crippen molar-refractivity contribution in [1.82, 2.24) is 14.5 Å². The highest BCUT2D eigenvalue weighted by molar-refractivity contribution is 5.81. The maximum absolute atomic E-state index is 12.4. The molecule has 0 spiro atoms. The lowest BCUT2D eigenvalue weighted by Gasteiger charge is -2.31. The molecule has 0 bridgehead atoms. The van der Waals surface area contributed by atoms with Crippen molar-refractivity contribution in [2.75, 3.05) is 13.6 Å². The van der Waals surface area contributed by atoms with Crippen LogP contribution in [0.15, 0.2) is 42.9 Å². The number of hydrogen-bond acceptors (Lipinski definition) is 3. The first-order valence-electron chi connectivity index (χ1n) is 8.67. The summed E-state index contributed by atoms with van der Waals surface area (Å²) in [6.07, 6.45) is 8.02. The van der Waals surface area contributed by atoms with Crippen LogP contribution in [0.2, 0.25) is 0 Å². The van der Waals surface area contributed by atoms with Crippen molar-refractivity contribution in [1.29, 1.82) is 0 Å². The molecule has 5 nitrogen and oxygen atoms in total. The third-order valence-electron chi connectivity index (χ3n) is 4.77. The Morgan fingerprint density at radius 2 is 2.12 bits per heavy atom. The van der Waals surface area contributed by atoms with E-state index in [1.165, 1.54) is 24.8 Å². The van der Waals surface area contributed by atoms with E-state index in [0.717, 1.165) is 18.8 Å². The molecule has 1 aliphatic rings. The summed E-state index contributed by atoms with van der Waals surface area (Å²) in [6, 6.07) is 9.72. The van der Waals surface area contributed by atoms with E-state index in [1.54, 1.807) is 11.2 Å². The highest BCUT2D eigenvalue weighted by atomic mass is 16.2. The predicted molar refractivity (Wildman–Crippen MR) is 94.4 cm³/mol. The van der Waals surface area contributed by atoms with Gasteiger partial charge in [-0.15, -0.1) is 0 Å². The molecule has 24 heavy (non-hydrogen) atoms. The van der Waals surface area contributed by atoms with E-state index in [1.807, 2.05) is 36.0 Å². The van der Waals surface area contributed by atoms with Gasteiger partial charge in [0.05, 0.1) is 18.1 Å². The van der Waals surface area contributed by atoms with E-state index in [-0.39, 0.29) is 5.91 Å². The molecule has 2 N–H and O–H groups in total. The number of hydrogen-bond donors (Lipinski definition) is 1. The van der Waals surface area contributed by atoms with Crippen LogP contribution in [0.3, 0.4) is 0 Å². The van der Waals surface area contributed by atoms with Crippen LogP contribution in [0.25, 0.3) is 0 Å². The third kappa shape index (κ3) is 4.23. The minimum atomic E-state index is -0.518. The summed E-state index contributed by atoms with van der Waals surface area (Å²) in [7, 11) is 1.86. The monoisotopic (exact) mass is 326 g/mol. The molecular weight excluding hydrogens is 300 g/mol. The van der Waals surface area contributed by atoms with Gasteiger partial charge in [0, 0.05) is 32.8 Å². The second-order valence-corrected chi connectivity index (χ2v) is 6.85. The topological polar surface area (TPSA) is 64.2 Å². The molecule has 3 rings (SSSR count). The third-order valence-corrected chi connectivity index (χ3v) is 4.77. The summed E-state index contributed by atoms with van der Waals surface area (Å²) in [4.78, 5) is 18.6. The van der Waals surface area contributed by atoms with Crippen molar-refractivity contribution >= 4 is 5.91 Å². The van der Waals surface area contributed by atoms with Gasteiger partial charge < -0.3 is 15.2 Å². The van der Waals surface area contributed by atoms with Gasteiger partial charge in [-0.3, -0.25) is 4.79 Å². The lowest BCUT2D eigenvalue weighted by molar-refractivity contribution is -0.132. The fourth-order valence-corrected chi connectivity index (χ4v) is 3.14. The van der Waals surface area contributed by atoms with Gasteiger partial charge in [-0.25, -0.2) is 4.98 Å². The van der Waals surface area contributed by atoms with Gasteiger partial charge in [0.15, 0.2) is 0 Å². The quantitative estimate of drug-likeness (QED) is 0.847. The number of carbonyl (C=O) groups excluding carboxylic acids is 1. The van der Waals surface area contributed by atoms with Gasteiger partial charge in [-0.2, -0.15) is 0 Å². The van der Waals surface area contributed by atoms with Crippen molar-refractivity contribution < 1.29 is 4.79 Å². The Kier molecular flexibility index (Phi) is 5.30. The summed E-state index contributed by atoms with van der Waals surface area (Å²) < 4.78 is 2.03. The van der Waals surface area contributed by atoms with E-state index < -0.39 is 6.04 Å². The molecule has 0 saturated heterocycles. The summed E-state index contributed by atoms with van der Waals surface area (Å²) in [5, 5.41) is 0. The Labute approximate surface area is 143 Å². The molecule has 0 radical (unpaired) electrons. The Balaban J connectivity index is 1.52. The predicted octanol–water partition coefficient (Wildman–Crippen LogP) is 2.06. The molecule has 2 aromatic rings. The number of rotatable bonds is 7. The first-order chi connectivity index (χ1) is 11.6. The van der Waals surface area contributed by atoms with Gasteiger partial charge >= 0.3 is 0 Å². The Hall–Kier alpha value is -2.14. The highest BCUT2D eigenvalue weighted by Gasteiger charge is 2.24. The molecule has 1 heterocycles. The zero-order valence-corrected chi connectivity index (χ0v) is 14.3. The van der Waals surface area contributed by atoms with Crippen LogP contribution in [0.1, 0.15) is 30.5 Å². The van der Waals surface area contributed by atoms with Gasteiger partial charge in [-0.05, 0) is 24.3 Å². The number of nitrogens with two attached hydrogens (primary N) is 1. The first kappa shape index (κ1) is 16.7. The van der Waals surface area contributed by atoms with Crippen LogP contribution in [-0.2, 0) is 17.8 Å². The average molecular weight is 326 g/mol. The molecule has 0 aliphatic heterocycles. The molecule has 1 aromatic heterocycles. The Morgan fingerprint density at radius 3 is 2.79 bits per heavy atom. The van der Waals surface area contributed by atoms with Gasteiger partial charge in [-0.1, -0.05) is 36.8 Å². The average Bonchev–Trinajstić information content (AvgIpc) is 2.97. The molecule has 1 aromatic carbocycles. The van der Waals surface area contributed by atoms with Gasteiger partial charge in [0.25, 0.3) is 0 Å². The van der Waals surface area contributed by atoms with Crippen LogP contribution in [0.4, 0.5) is 0 Å². The standard InChI is InChI=1S/C19H26N4O/c1-22(11-15-8-5-9-15)19(24)18(20)10-17-13-23(14-21-17)12-16-6-3-2-4-7-16/h2-4,6-7,13-15,18H,5,8-12,20H2,1H3/t18-/m0/s1. The lowest BCUT2D eigenvalue weighted by atomic mass is 9.85. The molecule has 5 heteroatoms. The van der Waals surface area contributed by atoms with Gasteiger partial charge in [0.2, 0.25) is 5.91 Å². The molecule has 0 unspecified atom stereocenters. The van der Waals surface area contributed by atoms with Crippen LogP contribution >= 0.6 is 0 Å². The van der Waals surface area contributed by atoms with E-state index in [9.17, 15) is 4.79 Å². The molecule has 1 atom stereocenters. The maximum Gasteiger partial charge on any atom is 0.239 e. The number of aromatic nitrogens is 2. The summed E-state index contributed by atoms with van der Waals surface area (Å²) in [6.45, 7) is 1.60. The fourth-order valence-electron chi connectivity index (χ4n) is 3.14. The molecule has 1 fully saturated rings. The number of benzene rings is 1. The van der Waals surface area contributed by atoms with E-state index in [4.69, 9.17) is 5.73 Å². The van der Waals surface area contributed by atoms with E-state index in [0.29, 0.717) is 12.3 Å². The number of likely N-dealkylation sites (N-methyl/N-ethyl adjacent to an activating group) is 1. The first-order valence-corrected chi connectivity index (χ1v) is 8.67. The highest BCUT2D eigenvalue weighted by Crippen LogP contribution is 2.26.